The second-order valence-electron chi connectivity index (χ2n) is 4.18. The van der Waals surface area contributed by atoms with Crippen LogP contribution < -0.4 is 5.32 Å². The maximum Gasteiger partial charge on any atom is 0.340 e. The lowest BCUT2D eigenvalue weighted by atomic mass is 10.2. The van der Waals surface area contributed by atoms with E-state index in [0.29, 0.717) is 5.82 Å². The first-order chi connectivity index (χ1) is 9.95. The lowest BCUT2D eigenvalue weighted by Gasteiger charge is -2.06. The number of nitrogens with one attached hydrogen (secondary N) is 2. The fourth-order valence-corrected chi connectivity index (χ4v) is 1.77. The highest BCUT2D eigenvalue weighted by atomic mass is 35.5. The Morgan fingerprint density at radius 1 is 1.43 bits per heavy atom. The third-order valence-electron chi connectivity index (χ3n) is 2.46. The van der Waals surface area contributed by atoms with Gasteiger partial charge >= 0.3 is 5.97 Å². The molecule has 21 heavy (non-hydrogen) atoms. The van der Waals surface area contributed by atoms with Crippen molar-refractivity contribution in [1.29, 1.82) is 0 Å². The molecule has 2 N–H and O–H groups in total. The molecule has 0 fully saturated rings. The summed E-state index contributed by atoms with van der Waals surface area (Å²) in [4.78, 5) is 23.3. The van der Waals surface area contributed by atoms with Crippen LogP contribution in [0.2, 0.25) is 5.02 Å². The van der Waals surface area contributed by atoms with E-state index in [9.17, 15) is 14.0 Å². The van der Waals surface area contributed by atoms with Gasteiger partial charge in [0.2, 0.25) is 0 Å². The minimum Gasteiger partial charge on any atom is -0.452 e. The molecule has 8 heteroatoms. The molecule has 0 spiro atoms. The SMILES string of the molecule is Cc1cc(NC(=O)COC(=O)c2ccc(F)cc2Cl)n[nH]1. The zero-order valence-electron chi connectivity index (χ0n) is 10.9. The van der Waals surface area contributed by atoms with Crippen molar-refractivity contribution in [3.8, 4) is 0 Å². The second-order valence-corrected chi connectivity index (χ2v) is 4.59. The van der Waals surface area contributed by atoms with Gasteiger partial charge in [-0.2, -0.15) is 5.10 Å². The van der Waals surface area contributed by atoms with Gasteiger partial charge in [0.15, 0.2) is 12.4 Å². The standard InChI is InChI=1S/C13H11ClFN3O3/c1-7-4-11(18-17-7)16-12(19)6-21-13(20)9-3-2-8(15)5-10(9)14/h2-5H,6H2,1H3,(H2,16,17,18,19). The Bertz CT molecular complexity index is 687. The Morgan fingerprint density at radius 2 is 2.19 bits per heavy atom. The summed E-state index contributed by atoms with van der Waals surface area (Å²) in [5.74, 6) is -1.60. The average Bonchev–Trinajstić information content (AvgIpc) is 2.81. The van der Waals surface area contributed by atoms with Crippen LogP contribution in [-0.2, 0) is 9.53 Å². The van der Waals surface area contributed by atoms with Crippen molar-refractivity contribution in [3.05, 3.63) is 46.4 Å². The fraction of sp³-hybridized carbons (Fsp3) is 0.154. The smallest absolute Gasteiger partial charge is 0.340 e. The largest absolute Gasteiger partial charge is 0.452 e. The zero-order chi connectivity index (χ0) is 15.4. The van der Waals surface area contributed by atoms with Crippen molar-refractivity contribution >= 4 is 29.3 Å². The lowest BCUT2D eigenvalue weighted by molar-refractivity contribution is -0.119. The minimum atomic E-state index is -0.812. The molecule has 0 unspecified atom stereocenters. The van der Waals surface area contributed by atoms with Crippen LogP contribution in [0.4, 0.5) is 10.2 Å². The highest BCUT2D eigenvalue weighted by molar-refractivity contribution is 6.33. The molecule has 0 radical (unpaired) electrons. The van der Waals surface area contributed by atoms with Crippen molar-refractivity contribution in [1.82, 2.24) is 10.2 Å². The average molecular weight is 312 g/mol. The van der Waals surface area contributed by atoms with E-state index in [1.54, 1.807) is 13.0 Å². The summed E-state index contributed by atoms with van der Waals surface area (Å²) in [7, 11) is 0. The van der Waals surface area contributed by atoms with Crippen LogP contribution in [0.15, 0.2) is 24.3 Å². The number of aromatic amines is 1. The Kier molecular flexibility index (Phi) is 4.54. The molecule has 1 aromatic carbocycles. The van der Waals surface area contributed by atoms with Crippen molar-refractivity contribution in [2.24, 2.45) is 0 Å². The van der Waals surface area contributed by atoms with Gasteiger partial charge in [-0.25, -0.2) is 9.18 Å². The number of ether oxygens (including phenoxy) is 1. The van der Waals surface area contributed by atoms with Crippen molar-refractivity contribution in [3.63, 3.8) is 0 Å². The third kappa shape index (κ3) is 4.03. The lowest BCUT2D eigenvalue weighted by Crippen LogP contribution is -2.21. The molecule has 0 aliphatic carbocycles. The summed E-state index contributed by atoms with van der Waals surface area (Å²) in [5.41, 5.74) is 0.766. The molecule has 0 aliphatic rings. The number of H-pyrrole nitrogens is 1. The van der Waals surface area contributed by atoms with Gasteiger partial charge in [0.1, 0.15) is 5.82 Å². The number of nitrogens with zero attached hydrogens (tertiary/aromatic N) is 1. The van der Waals surface area contributed by atoms with Crippen LogP contribution >= 0.6 is 11.6 Å². The topological polar surface area (TPSA) is 84.1 Å². The third-order valence-corrected chi connectivity index (χ3v) is 2.77. The number of halogens is 2. The van der Waals surface area contributed by atoms with Gasteiger partial charge in [0.05, 0.1) is 10.6 Å². The quantitative estimate of drug-likeness (QED) is 0.849. The highest BCUT2D eigenvalue weighted by Gasteiger charge is 2.14. The summed E-state index contributed by atoms with van der Waals surface area (Å²) in [6.45, 7) is 1.28. The molecule has 0 bridgehead atoms. The summed E-state index contributed by atoms with van der Waals surface area (Å²) < 4.78 is 17.7. The molecular formula is C13H11ClFN3O3. The molecule has 110 valence electrons. The molecule has 1 aromatic heterocycles. The van der Waals surface area contributed by atoms with E-state index >= 15 is 0 Å². The van der Waals surface area contributed by atoms with Crippen molar-refractivity contribution < 1.29 is 18.7 Å². The van der Waals surface area contributed by atoms with Crippen LogP contribution in [0.1, 0.15) is 16.1 Å². The highest BCUT2D eigenvalue weighted by Crippen LogP contribution is 2.18. The summed E-state index contributed by atoms with van der Waals surface area (Å²) >= 11 is 5.72. The Morgan fingerprint density at radius 3 is 2.81 bits per heavy atom. The molecule has 1 heterocycles. The predicted molar refractivity (Wildman–Crippen MR) is 73.6 cm³/mol. The molecule has 0 aliphatic heterocycles. The number of aromatic nitrogens is 2. The predicted octanol–water partition coefficient (Wildman–Crippen LogP) is 2.31. The van der Waals surface area contributed by atoms with Gasteiger partial charge in [-0.05, 0) is 25.1 Å². The van der Waals surface area contributed by atoms with E-state index in [1.165, 1.54) is 6.07 Å². The van der Waals surface area contributed by atoms with Gasteiger partial charge in [0.25, 0.3) is 5.91 Å². The first-order valence-corrected chi connectivity index (χ1v) is 6.27. The van der Waals surface area contributed by atoms with Gasteiger partial charge in [-0.3, -0.25) is 9.89 Å². The maximum absolute atomic E-state index is 12.9. The normalized spacial score (nSPS) is 10.2. The van der Waals surface area contributed by atoms with Crippen LogP contribution in [0.25, 0.3) is 0 Å². The number of hydrogen-bond acceptors (Lipinski definition) is 4. The number of benzene rings is 1. The van der Waals surface area contributed by atoms with Crippen LogP contribution in [0.3, 0.4) is 0 Å². The van der Waals surface area contributed by atoms with Gasteiger partial charge in [-0.1, -0.05) is 11.6 Å². The molecule has 1 amide bonds. The first-order valence-electron chi connectivity index (χ1n) is 5.90. The molecule has 0 saturated carbocycles. The minimum absolute atomic E-state index is 0.0125. The van der Waals surface area contributed by atoms with Gasteiger partial charge < -0.3 is 10.1 Å². The van der Waals surface area contributed by atoms with E-state index in [2.05, 4.69) is 15.5 Å². The summed E-state index contributed by atoms with van der Waals surface area (Å²) in [6, 6.07) is 4.88. The zero-order valence-corrected chi connectivity index (χ0v) is 11.7. The van der Waals surface area contributed by atoms with Crippen molar-refractivity contribution in [2.45, 2.75) is 6.92 Å². The Hall–Kier alpha value is -2.41. The molecule has 0 atom stereocenters. The number of hydrogen-bond donors (Lipinski definition) is 2. The first kappa shape index (κ1) is 15.0. The number of aryl methyl sites for hydroxylation is 1. The van der Waals surface area contributed by atoms with Crippen LogP contribution in [0, 0.1) is 12.7 Å². The molecule has 2 rings (SSSR count). The van der Waals surface area contributed by atoms with Crippen LogP contribution in [0.5, 0.6) is 0 Å². The number of anilines is 1. The van der Waals surface area contributed by atoms with Gasteiger partial charge in [-0.15, -0.1) is 0 Å². The van der Waals surface area contributed by atoms with E-state index in [0.717, 1.165) is 17.8 Å². The summed E-state index contributed by atoms with van der Waals surface area (Å²) in [6.07, 6.45) is 0. The number of amides is 1. The number of carbonyl (C=O) groups is 2. The van der Waals surface area contributed by atoms with Gasteiger partial charge in [0, 0.05) is 11.8 Å². The van der Waals surface area contributed by atoms with E-state index in [1.807, 2.05) is 0 Å². The fourth-order valence-electron chi connectivity index (χ4n) is 1.52. The Balaban J connectivity index is 1.90. The Labute approximate surface area is 124 Å². The number of rotatable bonds is 4. The monoisotopic (exact) mass is 311 g/mol. The van der Waals surface area contributed by atoms with E-state index < -0.39 is 24.3 Å². The number of carbonyl (C=O) groups excluding carboxylic acids is 2. The molecule has 2 aromatic rings. The summed E-state index contributed by atoms with van der Waals surface area (Å²) in [5, 5.41) is 8.82. The molecule has 0 saturated heterocycles. The number of esters is 1. The molecular weight excluding hydrogens is 301 g/mol. The van der Waals surface area contributed by atoms with Crippen molar-refractivity contribution in [2.75, 3.05) is 11.9 Å². The van der Waals surface area contributed by atoms with E-state index in [4.69, 9.17) is 16.3 Å². The maximum atomic E-state index is 12.9. The van der Waals surface area contributed by atoms with E-state index in [-0.39, 0.29) is 10.6 Å². The molecule has 6 nitrogen and oxygen atoms in total. The van der Waals surface area contributed by atoms with Crippen LogP contribution in [-0.4, -0.2) is 28.7 Å². The second kappa shape index (κ2) is 6.36.